The summed E-state index contributed by atoms with van der Waals surface area (Å²) in [6.07, 6.45) is -1.53. The summed E-state index contributed by atoms with van der Waals surface area (Å²) >= 11 is 0. The highest BCUT2D eigenvalue weighted by molar-refractivity contribution is 7.85. The van der Waals surface area contributed by atoms with E-state index in [1.54, 1.807) is 0 Å². The lowest BCUT2D eigenvalue weighted by atomic mass is 10.4. The van der Waals surface area contributed by atoms with Crippen LogP contribution >= 0.6 is 0 Å². The molecule has 96 valence electrons. The van der Waals surface area contributed by atoms with Crippen molar-refractivity contribution in [2.75, 3.05) is 5.75 Å². The fourth-order valence-corrected chi connectivity index (χ4v) is 1.78. The van der Waals surface area contributed by atoms with Crippen molar-refractivity contribution in [1.29, 1.82) is 0 Å². The number of nitrogens with one attached hydrogen (secondary N) is 1. The highest BCUT2D eigenvalue weighted by atomic mass is 32.2. The molecule has 0 aliphatic carbocycles. The summed E-state index contributed by atoms with van der Waals surface area (Å²) in [6.45, 7) is -0.466. The summed E-state index contributed by atoms with van der Waals surface area (Å²) in [5.41, 5.74) is -1.11. The Labute approximate surface area is 95.0 Å². The first-order valence-corrected chi connectivity index (χ1v) is 5.96. The van der Waals surface area contributed by atoms with Gasteiger partial charge in [-0.2, -0.15) is 8.42 Å². The molecule has 4 N–H and O–H groups in total. The maximum absolute atomic E-state index is 11.2. The number of hydrogen-bond donors (Lipinski definition) is 4. The Balaban J connectivity index is 2.82. The first kappa shape index (κ1) is 13.4. The maximum Gasteiger partial charge on any atom is 0.353 e. The van der Waals surface area contributed by atoms with Gasteiger partial charge in [-0.3, -0.25) is 14.4 Å². The lowest BCUT2D eigenvalue weighted by molar-refractivity contribution is 0.0688. The standard InChI is InChI=1S/C7H10N2O7S/c10-4(3-17(14,15)16)2-9-6(11)1-5(8-9)7(12)13/h1,4,8,10H,2-3H2,(H,12,13)(H,14,15,16). The summed E-state index contributed by atoms with van der Waals surface area (Å²) in [7, 11) is -4.36. The molecule has 0 bridgehead atoms. The average molecular weight is 266 g/mol. The maximum atomic E-state index is 11.2. The van der Waals surface area contributed by atoms with Gasteiger partial charge in [0.1, 0.15) is 11.4 Å². The molecule has 9 nitrogen and oxygen atoms in total. The molecule has 0 fully saturated rings. The summed E-state index contributed by atoms with van der Waals surface area (Å²) in [4.78, 5) is 21.7. The molecule has 0 saturated heterocycles. The zero-order valence-corrected chi connectivity index (χ0v) is 9.22. The van der Waals surface area contributed by atoms with E-state index in [1.807, 2.05) is 0 Å². The Bertz CT molecular complexity index is 569. The molecule has 0 radical (unpaired) electrons. The van der Waals surface area contributed by atoms with Crippen molar-refractivity contribution >= 4 is 16.1 Å². The van der Waals surface area contributed by atoms with E-state index in [-0.39, 0.29) is 5.69 Å². The molecule has 0 aromatic carbocycles. The third-order valence-corrected chi connectivity index (χ3v) is 2.62. The molecule has 1 aromatic rings. The van der Waals surface area contributed by atoms with Crippen LogP contribution in [0.4, 0.5) is 0 Å². The third-order valence-electron chi connectivity index (χ3n) is 1.82. The number of nitrogens with zero attached hydrogens (tertiary/aromatic N) is 1. The molecule has 1 aromatic heterocycles. The van der Waals surface area contributed by atoms with Gasteiger partial charge in [0.25, 0.3) is 15.7 Å². The van der Waals surface area contributed by atoms with Gasteiger partial charge in [-0.15, -0.1) is 0 Å². The van der Waals surface area contributed by atoms with E-state index in [9.17, 15) is 23.1 Å². The Morgan fingerprint density at radius 3 is 2.53 bits per heavy atom. The molecule has 0 amide bonds. The normalized spacial score (nSPS) is 13.5. The molecule has 17 heavy (non-hydrogen) atoms. The van der Waals surface area contributed by atoms with E-state index in [1.165, 1.54) is 0 Å². The highest BCUT2D eigenvalue weighted by Gasteiger charge is 2.17. The zero-order valence-electron chi connectivity index (χ0n) is 8.40. The topological polar surface area (TPSA) is 150 Å². The Hall–Kier alpha value is -1.65. The third kappa shape index (κ3) is 4.01. The van der Waals surface area contributed by atoms with Crippen LogP contribution in [0.25, 0.3) is 0 Å². The minimum atomic E-state index is -4.36. The molecule has 1 atom stereocenters. The molecule has 1 heterocycles. The predicted molar refractivity (Wildman–Crippen MR) is 54.4 cm³/mol. The quantitative estimate of drug-likeness (QED) is 0.455. The Kier molecular flexibility index (Phi) is 3.70. The number of aromatic amines is 1. The van der Waals surface area contributed by atoms with E-state index in [0.29, 0.717) is 0 Å². The second kappa shape index (κ2) is 4.69. The molecular weight excluding hydrogens is 256 g/mol. The molecule has 1 rings (SSSR count). The van der Waals surface area contributed by atoms with E-state index in [4.69, 9.17) is 9.66 Å². The molecule has 0 saturated carbocycles. The van der Waals surface area contributed by atoms with Gasteiger partial charge in [-0.25, -0.2) is 9.48 Å². The van der Waals surface area contributed by atoms with Gasteiger partial charge in [0, 0.05) is 6.07 Å². The van der Waals surface area contributed by atoms with Gasteiger partial charge in [0.15, 0.2) is 0 Å². The highest BCUT2D eigenvalue weighted by Crippen LogP contribution is 1.95. The number of aromatic nitrogens is 2. The van der Waals surface area contributed by atoms with Crippen molar-refractivity contribution < 1.29 is 28.0 Å². The van der Waals surface area contributed by atoms with Crippen LogP contribution in [0.3, 0.4) is 0 Å². The van der Waals surface area contributed by atoms with Crippen LogP contribution in [0.1, 0.15) is 10.5 Å². The first-order valence-electron chi connectivity index (χ1n) is 4.35. The Morgan fingerprint density at radius 2 is 2.12 bits per heavy atom. The van der Waals surface area contributed by atoms with Crippen molar-refractivity contribution in [3.63, 3.8) is 0 Å². The molecule has 1 unspecified atom stereocenters. The van der Waals surface area contributed by atoms with E-state index >= 15 is 0 Å². The van der Waals surface area contributed by atoms with Crippen molar-refractivity contribution in [2.24, 2.45) is 0 Å². The lowest BCUT2D eigenvalue weighted by Crippen LogP contribution is -2.30. The average Bonchev–Trinajstić information content (AvgIpc) is 2.44. The first-order chi connectivity index (χ1) is 7.69. The van der Waals surface area contributed by atoms with E-state index in [2.05, 4.69) is 5.10 Å². The summed E-state index contributed by atoms with van der Waals surface area (Å²) in [5, 5.41) is 20.0. The number of H-pyrrole nitrogens is 1. The van der Waals surface area contributed by atoms with Gasteiger partial charge in [0.05, 0.1) is 12.6 Å². The van der Waals surface area contributed by atoms with Crippen LogP contribution in [-0.2, 0) is 16.7 Å². The SMILES string of the molecule is O=C(O)c1cc(=O)n(CC(O)CS(=O)(=O)O)[nH]1. The van der Waals surface area contributed by atoms with Gasteiger partial charge >= 0.3 is 5.97 Å². The molecule has 0 aliphatic rings. The van der Waals surface area contributed by atoms with Crippen LogP contribution in [0.15, 0.2) is 10.9 Å². The number of aromatic carboxylic acids is 1. The van der Waals surface area contributed by atoms with Crippen LogP contribution in [0.5, 0.6) is 0 Å². The van der Waals surface area contributed by atoms with Crippen molar-refractivity contribution in [2.45, 2.75) is 12.6 Å². The second-order valence-electron chi connectivity index (χ2n) is 3.33. The van der Waals surface area contributed by atoms with Gasteiger partial charge in [-0.1, -0.05) is 0 Å². The zero-order chi connectivity index (χ0) is 13.2. The number of aliphatic hydroxyl groups is 1. The number of carbonyl (C=O) groups is 1. The predicted octanol–water partition coefficient (Wildman–Crippen LogP) is -1.88. The molecule has 0 aliphatic heterocycles. The van der Waals surface area contributed by atoms with E-state index in [0.717, 1.165) is 10.7 Å². The van der Waals surface area contributed by atoms with Gasteiger partial charge in [0.2, 0.25) is 0 Å². The number of aliphatic hydroxyl groups excluding tert-OH is 1. The second-order valence-corrected chi connectivity index (χ2v) is 4.82. The largest absolute Gasteiger partial charge is 0.477 e. The summed E-state index contributed by atoms with van der Waals surface area (Å²) < 4.78 is 30.1. The number of hydrogen-bond acceptors (Lipinski definition) is 5. The minimum Gasteiger partial charge on any atom is -0.477 e. The van der Waals surface area contributed by atoms with Crippen molar-refractivity contribution in [1.82, 2.24) is 9.78 Å². The van der Waals surface area contributed by atoms with Crippen molar-refractivity contribution in [3.05, 3.63) is 22.1 Å². The number of carboxylic acid groups (broad SMARTS) is 1. The fraction of sp³-hybridized carbons (Fsp3) is 0.429. The minimum absolute atomic E-state index is 0.381. The smallest absolute Gasteiger partial charge is 0.353 e. The van der Waals surface area contributed by atoms with Gasteiger partial charge in [-0.05, 0) is 0 Å². The summed E-state index contributed by atoms with van der Waals surface area (Å²) in [6, 6.07) is 0.794. The number of carboxylic acids is 1. The monoisotopic (exact) mass is 266 g/mol. The number of rotatable bonds is 5. The van der Waals surface area contributed by atoms with Crippen LogP contribution < -0.4 is 5.56 Å². The summed E-state index contributed by atoms with van der Waals surface area (Å²) in [5.74, 6) is -2.30. The van der Waals surface area contributed by atoms with Gasteiger partial charge < -0.3 is 10.2 Å². The lowest BCUT2D eigenvalue weighted by Gasteiger charge is -2.08. The van der Waals surface area contributed by atoms with E-state index < -0.39 is 40.0 Å². The van der Waals surface area contributed by atoms with Crippen molar-refractivity contribution in [3.8, 4) is 0 Å². The van der Waals surface area contributed by atoms with Crippen LogP contribution in [-0.4, -0.2) is 50.8 Å². The van der Waals surface area contributed by atoms with Crippen LogP contribution in [0, 0.1) is 0 Å². The molecule has 10 heteroatoms. The van der Waals surface area contributed by atoms with Crippen LogP contribution in [0.2, 0.25) is 0 Å². The fourth-order valence-electron chi connectivity index (χ4n) is 1.19. The molecule has 0 spiro atoms. The Morgan fingerprint density at radius 1 is 1.53 bits per heavy atom. The molecular formula is C7H10N2O7S.